The van der Waals surface area contributed by atoms with Crippen molar-refractivity contribution in [2.75, 3.05) is 6.61 Å². The van der Waals surface area contributed by atoms with Gasteiger partial charge in [0.25, 0.3) is 0 Å². The highest BCUT2D eigenvalue weighted by Gasteiger charge is 1.88. The van der Waals surface area contributed by atoms with Crippen molar-refractivity contribution in [3.05, 3.63) is 24.8 Å². The molecule has 0 rings (SSSR count). The van der Waals surface area contributed by atoms with Crippen molar-refractivity contribution in [2.45, 2.75) is 6.92 Å². The maximum absolute atomic E-state index is 10.4. The van der Waals surface area contributed by atoms with Gasteiger partial charge in [-0.2, -0.15) is 0 Å². The van der Waals surface area contributed by atoms with Gasteiger partial charge in [-0.25, -0.2) is 4.79 Å². The Bertz CT molecular complexity index is 125. The van der Waals surface area contributed by atoms with Crippen molar-refractivity contribution in [1.29, 1.82) is 0 Å². The number of carbonyl (C=O) groups excluding carboxylic acids is 1. The molecule has 0 aliphatic carbocycles. The first kappa shape index (κ1) is 7.95. The van der Waals surface area contributed by atoms with Gasteiger partial charge >= 0.3 is 5.97 Å². The van der Waals surface area contributed by atoms with E-state index in [4.69, 9.17) is 6.58 Å². The molecule has 0 amide bonds. The maximum Gasteiger partial charge on any atom is 0.330 e. The smallest absolute Gasteiger partial charge is 0.330 e. The van der Waals surface area contributed by atoms with E-state index in [-0.39, 0.29) is 5.97 Å². The van der Waals surface area contributed by atoms with E-state index in [0.29, 0.717) is 6.61 Å². The van der Waals surface area contributed by atoms with E-state index in [2.05, 4.69) is 4.74 Å². The standard InChI is InChI=1S/C7H9O2/c1-3-5-6-7(8)9-4-2/h1,3,5-6H,4H2,2H3. The molecule has 0 saturated carbocycles. The first-order valence-electron chi connectivity index (χ1n) is 2.69. The van der Waals surface area contributed by atoms with Crippen LogP contribution in [0.3, 0.4) is 0 Å². The zero-order chi connectivity index (χ0) is 7.11. The van der Waals surface area contributed by atoms with Gasteiger partial charge in [-0.3, -0.25) is 0 Å². The molecule has 0 fully saturated rings. The van der Waals surface area contributed by atoms with Crippen LogP contribution >= 0.6 is 0 Å². The quantitative estimate of drug-likeness (QED) is 0.320. The van der Waals surface area contributed by atoms with Crippen molar-refractivity contribution >= 4 is 5.97 Å². The molecule has 2 nitrogen and oxygen atoms in total. The first-order chi connectivity index (χ1) is 4.31. The maximum atomic E-state index is 10.4. The molecule has 0 aliphatic heterocycles. The van der Waals surface area contributed by atoms with Crippen molar-refractivity contribution in [3.8, 4) is 0 Å². The minimum Gasteiger partial charge on any atom is -0.463 e. The molecular formula is C7H9O2. The molecule has 0 aromatic heterocycles. The van der Waals surface area contributed by atoms with Crippen LogP contribution in [0.25, 0.3) is 0 Å². The second-order valence-corrected chi connectivity index (χ2v) is 1.30. The van der Waals surface area contributed by atoms with Crippen LogP contribution in [0.4, 0.5) is 0 Å². The predicted molar refractivity (Wildman–Crippen MR) is 34.6 cm³/mol. The molecule has 0 aromatic rings. The zero-order valence-corrected chi connectivity index (χ0v) is 5.33. The van der Waals surface area contributed by atoms with Gasteiger partial charge < -0.3 is 4.74 Å². The fourth-order valence-corrected chi connectivity index (χ4v) is 0.324. The lowest BCUT2D eigenvalue weighted by atomic mass is 10.5. The van der Waals surface area contributed by atoms with E-state index in [1.165, 1.54) is 18.2 Å². The largest absolute Gasteiger partial charge is 0.463 e. The number of allylic oxidation sites excluding steroid dienone is 2. The Morgan fingerprint density at radius 2 is 2.44 bits per heavy atom. The van der Waals surface area contributed by atoms with E-state index in [1.54, 1.807) is 6.92 Å². The summed E-state index contributed by atoms with van der Waals surface area (Å²) in [6.07, 6.45) is 3.97. The fourth-order valence-electron chi connectivity index (χ4n) is 0.324. The van der Waals surface area contributed by atoms with E-state index in [1.807, 2.05) is 0 Å². The van der Waals surface area contributed by atoms with Crippen LogP contribution < -0.4 is 0 Å². The van der Waals surface area contributed by atoms with E-state index in [9.17, 15) is 4.79 Å². The number of hydrogen-bond acceptors (Lipinski definition) is 2. The average Bonchev–Trinajstić information content (AvgIpc) is 1.85. The molecule has 1 radical (unpaired) electrons. The Morgan fingerprint density at radius 1 is 1.78 bits per heavy atom. The summed E-state index contributed by atoms with van der Waals surface area (Å²) in [4.78, 5) is 10.4. The van der Waals surface area contributed by atoms with Gasteiger partial charge in [-0.05, 0) is 6.92 Å². The summed E-state index contributed by atoms with van der Waals surface area (Å²) < 4.78 is 4.54. The molecule has 0 aliphatic rings. The van der Waals surface area contributed by atoms with Crippen molar-refractivity contribution < 1.29 is 9.53 Å². The number of carbonyl (C=O) groups is 1. The van der Waals surface area contributed by atoms with Crippen LogP contribution in [0.2, 0.25) is 0 Å². The van der Waals surface area contributed by atoms with Gasteiger partial charge in [0.2, 0.25) is 0 Å². The van der Waals surface area contributed by atoms with Gasteiger partial charge in [0.1, 0.15) is 0 Å². The zero-order valence-electron chi connectivity index (χ0n) is 5.33. The lowest BCUT2D eigenvalue weighted by Crippen LogP contribution is -1.98. The van der Waals surface area contributed by atoms with Gasteiger partial charge in [0, 0.05) is 6.08 Å². The highest BCUT2D eigenvalue weighted by molar-refractivity contribution is 5.82. The molecule has 0 saturated heterocycles. The number of rotatable bonds is 3. The molecule has 0 unspecified atom stereocenters. The number of hydrogen-bond donors (Lipinski definition) is 0. The summed E-state index contributed by atoms with van der Waals surface area (Å²) in [6, 6.07) is 0. The van der Waals surface area contributed by atoms with Crippen LogP contribution in [0.1, 0.15) is 6.92 Å². The van der Waals surface area contributed by atoms with E-state index in [0.717, 1.165) is 0 Å². The first-order valence-corrected chi connectivity index (χ1v) is 2.69. The van der Waals surface area contributed by atoms with E-state index >= 15 is 0 Å². The van der Waals surface area contributed by atoms with Crippen LogP contribution in [-0.4, -0.2) is 12.6 Å². The predicted octanol–water partition coefficient (Wildman–Crippen LogP) is 1.09. The molecule has 0 spiro atoms. The average molecular weight is 125 g/mol. The highest BCUT2D eigenvalue weighted by Crippen LogP contribution is 1.79. The summed E-state index contributed by atoms with van der Waals surface area (Å²) in [5.41, 5.74) is 0. The van der Waals surface area contributed by atoms with Gasteiger partial charge in [0.05, 0.1) is 6.61 Å². The Morgan fingerprint density at radius 3 is 2.89 bits per heavy atom. The normalized spacial score (nSPS) is 9.44. The Hall–Kier alpha value is -1.05. The summed E-state index contributed by atoms with van der Waals surface area (Å²) in [5, 5.41) is 0. The molecule has 49 valence electrons. The molecular weight excluding hydrogens is 116 g/mol. The Balaban J connectivity index is 3.49. The molecule has 9 heavy (non-hydrogen) atoms. The molecule has 0 heterocycles. The summed E-state index contributed by atoms with van der Waals surface area (Å²) in [7, 11) is 0. The fraction of sp³-hybridized carbons (Fsp3) is 0.286. The third kappa shape index (κ3) is 4.81. The lowest BCUT2D eigenvalue weighted by Gasteiger charge is -1.91. The monoisotopic (exact) mass is 125 g/mol. The van der Waals surface area contributed by atoms with Gasteiger partial charge in [0.15, 0.2) is 0 Å². The lowest BCUT2D eigenvalue weighted by molar-refractivity contribution is -0.137. The molecule has 0 N–H and O–H groups in total. The van der Waals surface area contributed by atoms with Crippen molar-refractivity contribution in [1.82, 2.24) is 0 Å². The van der Waals surface area contributed by atoms with Crippen LogP contribution in [-0.2, 0) is 9.53 Å². The third-order valence-corrected chi connectivity index (χ3v) is 0.630. The topological polar surface area (TPSA) is 26.3 Å². The molecule has 0 bridgehead atoms. The Kier molecular flexibility index (Phi) is 4.50. The van der Waals surface area contributed by atoms with Crippen molar-refractivity contribution in [2.24, 2.45) is 0 Å². The molecule has 2 heteroatoms. The SMILES string of the molecule is [CH]=CC=CC(=O)OCC. The number of esters is 1. The van der Waals surface area contributed by atoms with Crippen LogP contribution in [0.5, 0.6) is 0 Å². The van der Waals surface area contributed by atoms with Gasteiger partial charge in [-0.15, -0.1) is 0 Å². The molecule has 0 atom stereocenters. The van der Waals surface area contributed by atoms with E-state index < -0.39 is 0 Å². The van der Waals surface area contributed by atoms with Gasteiger partial charge in [-0.1, -0.05) is 18.7 Å². The van der Waals surface area contributed by atoms with Crippen molar-refractivity contribution in [3.63, 3.8) is 0 Å². The summed E-state index contributed by atoms with van der Waals surface area (Å²) in [6.45, 7) is 7.10. The minimum absolute atomic E-state index is 0.362. The summed E-state index contributed by atoms with van der Waals surface area (Å²) in [5.74, 6) is -0.362. The van der Waals surface area contributed by atoms with Crippen LogP contribution in [0, 0.1) is 6.58 Å². The molecule has 0 aromatic carbocycles. The third-order valence-electron chi connectivity index (χ3n) is 0.630. The summed E-state index contributed by atoms with van der Waals surface area (Å²) >= 11 is 0. The number of ether oxygens (including phenoxy) is 1. The highest BCUT2D eigenvalue weighted by atomic mass is 16.5. The Labute approximate surface area is 54.8 Å². The minimum atomic E-state index is -0.362. The second kappa shape index (κ2) is 5.09. The van der Waals surface area contributed by atoms with Crippen LogP contribution in [0.15, 0.2) is 18.2 Å². The second-order valence-electron chi connectivity index (χ2n) is 1.30.